The lowest BCUT2D eigenvalue weighted by molar-refractivity contribution is 0.117. The molecule has 3 aromatic heterocycles. The molecule has 196 valence electrons. The van der Waals surface area contributed by atoms with Gasteiger partial charge in [0.05, 0.1) is 5.39 Å². The van der Waals surface area contributed by atoms with Gasteiger partial charge in [0.1, 0.15) is 53.5 Å². The first-order valence-electron chi connectivity index (χ1n) is 13.2. The Hall–Kier alpha value is -3.81. The fourth-order valence-electron chi connectivity index (χ4n) is 5.36. The summed E-state index contributed by atoms with van der Waals surface area (Å²) in [5, 5.41) is 14.7. The molecular weight excluding hydrogens is 480 g/mol. The van der Waals surface area contributed by atoms with Gasteiger partial charge >= 0.3 is 0 Å². The van der Waals surface area contributed by atoms with E-state index >= 15 is 0 Å². The van der Waals surface area contributed by atoms with Gasteiger partial charge in [-0.2, -0.15) is 0 Å². The molecule has 4 heterocycles. The molecule has 7 heteroatoms. The van der Waals surface area contributed by atoms with Crippen LogP contribution in [-0.2, 0) is 19.6 Å². The van der Waals surface area contributed by atoms with Crippen molar-refractivity contribution in [2.75, 3.05) is 13.1 Å². The Morgan fingerprint density at radius 1 is 1.11 bits per heavy atom. The van der Waals surface area contributed by atoms with E-state index in [1.165, 1.54) is 5.56 Å². The van der Waals surface area contributed by atoms with Gasteiger partial charge < -0.3 is 28.7 Å². The van der Waals surface area contributed by atoms with Crippen molar-refractivity contribution in [3.63, 3.8) is 0 Å². The fraction of sp³-hybridized carbons (Fsp3) is 0.323. The highest BCUT2D eigenvalue weighted by molar-refractivity contribution is 5.88. The number of aliphatic hydroxyl groups excluding tert-OH is 1. The van der Waals surface area contributed by atoms with Crippen LogP contribution < -0.4 is 14.8 Å². The number of furan rings is 2. The van der Waals surface area contributed by atoms with Gasteiger partial charge in [-0.1, -0.05) is 12.1 Å². The number of nitrogens with zero attached hydrogens (tertiary/aromatic N) is 1. The van der Waals surface area contributed by atoms with Crippen molar-refractivity contribution in [3.8, 4) is 11.5 Å². The van der Waals surface area contributed by atoms with E-state index in [1.807, 2.05) is 54.7 Å². The number of hydrogen-bond donors (Lipinski definition) is 2. The molecule has 7 nitrogen and oxygen atoms in total. The van der Waals surface area contributed by atoms with Gasteiger partial charge in [-0.25, -0.2) is 0 Å². The highest BCUT2D eigenvalue weighted by atomic mass is 16.5. The second kappa shape index (κ2) is 10.9. The molecule has 0 saturated carbocycles. The van der Waals surface area contributed by atoms with Crippen molar-refractivity contribution in [3.05, 3.63) is 89.6 Å². The van der Waals surface area contributed by atoms with E-state index in [1.54, 1.807) is 6.20 Å². The number of aliphatic hydroxyl groups is 1. The average molecular weight is 513 g/mol. The summed E-state index contributed by atoms with van der Waals surface area (Å²) in [7, 11) is 0. The summed E-state index contributed by atoms with van der Waals surface area (Å²) in [6.07, 6.45) is 6.85. The molecule has 2 unspecified atom stereocenters. The molecule has 0 radical (unpaired) electrons. The fourth-order valence-corrected chi connectivity index (χ4v) is 5.36. The Kier molecular flexibility index (Phi) is 7.03. The van der Waals surface area contributed by atoms with Gasteiger partial charge in [-0.15, -0.1) is 0 Å². The van der Waals surface area contributed by atoms with Gasteiger partial charge in [-0.3, -0.25) is 4.98 Å². The van der Waals surface area contributed by atoms with E-state index in [2.05, 4.69) is 23.3 Å². The molecule has 2 N–H and O–H groups in total. The normalized spacial score (nSPS) is 16.6. The molecular formula is C31H32N2O5. The van der Waals surface area contributed by atoms with Crippen LogP contribution in [0.4, 0.5) is 0 Å². The van der Waals surface area contributed by atoms with Gasteiger partial charge in [0.15, 0.2) is 0 Å². The van der Waals surface area contributed by atoms with Crippen LogP contribution in [0.25, 0.3) is 21.9 Å². The molecule has 0 bridgehead atoms. The number of rotatable bonds is 9. The quantitative estimate of drug-likeness (QED) is 0.252. The van der Waals surface area contributed by atoms with Crippen LogP contribution in [0, 0.1) is 12.8 Å². The predicted molar refractivity (Wildman–Crippen MR) is 145 cm³/mol. The summed E-state index contributed by atoms with van der Waals surface area (Å²) in [5.74, 6) is 3.26. The molecule has 2 aromatic carbocycles. The second-order valence-electron chi connectivity index (χ2n) is 9.97. The lowest BCUT2D eigenvalue weighted by Crippen LogP contribution is -2.40. The molecule has 1 aliphatic rings. The van der Waals surface area contributed by atoms with Crippen molar-refractivity contribution in [2.45, 2.75) is 45.5 Å². The lowest BCUT2D eigenvalue weighted by Gasteiger charge is -2.31. The number of hydrogen-bond acceptors (Lipinski definition) is 7. The molecule has 1 saturated heterocycles. The van der Waals surface area contributed by atoms with E-state index in [0.29, 0.717) is 24.0 Å². The van der Waals surface area contributed by atoms with Crippen molar-refractivity contribution < 1.29 is 23.4 Å². The zero-order valence-electron chi connectivity index (χ0n) is 21.5. The highest BCUT2D eigenvalue weighted by Crippen LogP contribution is 2.36. The van der Waals surface area contributed by atoms with Crippen LogP contribution in [0.1, 0.15) is 35.5 Å². The molecule has 38 heavy (non-hydrogen) atoms. The third kappa shape index (κ3) is 5.12. The van der Waals surface area contributed by atoms with Crippen LogP contribution in [-0.4, -0.2) is 29.3 Å². The topological polar surface area (TPSA) is 89.9 Å². The summed E-state index contributed by atoms with van der Waals surface area (Å²) < 4.78 is 24.7. The maximum atomic E-state index is 9.33. The molecule has 2 atom stereocenters. The summed E-state index contributed by atoms with van der Waals surface area (Å²) >= 11 is 0. The van der Waals surface area contributed by atoms with Gasteiger partial charge in [0.2, 0.25) is 0 Å². The molecule has 1 fully saturated rings. The predicted octanol–water partition coefficient (Wildman–Crippen LogP) is 5.94. The number of nitrogens with one attached hydrogen (secondary N) is 1. The standard InChI is InChI=1S/C31H32N2O5/c1-20-30(19-35-24-9-10-26-23(14-24)15-25(18-34)36-26)38-28-8-2-7-27(31(20)28)37-29(22-6-4-12-33-17-22)13-21-5-3-11-32-16-21/h2-3,5,7-11,14-16,22,29,33-34H,4,6,12-13,17-19H2,1H3. The molecule has 0 amide bonds. The summed E-state index contributed by atoms with van der Waals surface area (Å²) in [5.41, 5.74) is 3.70. The molecule has 1 aliphatic heterocycles. The van der Waals surface area contributed by atoms with E-state index < -0.39 is 0 Å². The average Bonchev–Trinajstić information content (AvgIpc) is 3.53. The Labute approximate surface area is 221 Å². The number of aryl methyl sites for hydroxylation is 1. The first-order chi connectivity index (χ1) is 18.7. The van der Waals surface area contributed by atoms with E-state index in [0.717, 1.165) is 71.4 Å². The maximum Gasteiger partial charge on any atom is 0.146 e. The monoisotopic (exact) mass is 512 g/mol. The second-order valence-corrected chi connectivity index (χ2v) is 9.97. The van der Waals surface area contributed by atoms with Crippen molar-refractivity contribution in [1.29, 1.82) is 0 Å². The van der Waals surface area contributed by atoms with Crippen LogP contribution in [0.3, 0.4) is 0 Å². The minimum absolute atomic E-state index is 0.0251. The molecule has 0 spiro atoms. The highest BCUT2D eigenvalue weighted by Gasteiger charge is 2.27. The number of benzene rings is 2. The zero-order chi connectivity index (χ0) is 25.9. The van der Waals surface area contributed by atoms with Gasteiger partial charge in [-0.05, 0) is 74.3 Å². The number of fused-ring (bicyclic) bond motifs is 2. The van der Waals surface area contributed by atoms with Crippen molar-refractivity contribution in [1.82, 2.24) is 10.3 Å². The smallest absolute Gasteiger partial charge is 0.146 e. The first kappa shape index (κ1) is 24.5. The lowest BCUT2D eigenvalue weighted by atomic mass is 9.90. The van der Waals surface area contributed by atoms with Gasteiger partial charge in [0.25, 0.3) is 0 Å². The van der Waals surface area contributed by atoms with Crippen LogP contribution >= 0.6 is 0 Å². The minimum atomic E-state index is -0.131. The molecule has 6 rings (SSSR count). The Balaban J connectivity index is 1.24. The Bertz CT molecular complexity index is 1520. The van der Waals surface area contributed by atoms with Gasteiger partial charge in [0, 0.05) is 42.2 Å². The van der Waals surface area contributed by atoms with Crippen LogP contribution in [0.15, 0.2) is 75.8 Å². The Morgan fingerprint density at radius 2 is 2.05 bits per heavy atom. The zero-order valence-corrected chi connectivity index (χ0v) is 21.5. The first-order valence-corrected chi connectivity index (χ1v) is 13.2. The number of piperidine rings is 1. The molecule has 0 aliphatic carbocycles. The number of aromatic nitrogens is 1. The van der Waals surface area contributed by atoms with Crippen molar-refractivity contribution in [2.24, 2.45) is 5.92 Å². The maximum absolute atomic E-state index is 9.33. The third-order valence-corrected chi connectivity index (χ3v) is 7.38. The van der Waals surface area contributed by atoms with Crippen LogP contribution in [0.2, 0.25) is 0 Å². The third-order valence-electron chi connectivity index (χ3n) is 7.38. The summed E-state index contributed by atoms with van der Waals surface area (Å²) in [4.78, 5) is 4.31. The van der Waals surface area contributed by atoms with E-state index in [4.69, 9.17) is 18.3 Å². The molecule has 5 aromatic rings. The van der Waals surface area contributed by atoms with Crippen LogP contribution in [0.5, 0.6) is 11.5 Å². The largest absolute Gasteiger partial charge is 0.489 e. The SMILES string of the molecule is Cc1c(COc2ccc3oc(CO)cc3c2)oc2cccc(OC(Cc3cccnc3)C3CCCNC3)c12. The number of pyridine rings is 1. The Morgan fingerprint density at radius 3 is 2.87 bits per heavy atom. The van der Waals surface area contributed by atoms with Crippen molar-refractivity contribution >= 4 is 21.9 Å². The number of ether oxygens (including phenoxy) is 2. The van der Waals surface area contributed by atoms with E-state index in [9.17, 15) is 5.11 Å². The minimum Gasteiger partial charge on any atom is -0.489 e. The summed E-state index contributed by atoms with van der Waals surface area (Å²) in [6.45, 7) is 4.23. The van der Waals surface area contributed by atoms with E-state index in [-0.39, 0.29) is 12.7 Å². The summed E-state index contributed by atoms with van der Waals surface area (Å²) in [6, 6.07) is 17.5.